The maximum Gasteiger partial charge on any atom is 0.283 e. The number of aromatic nitrogens is 2. The number of alkyl halides is 2. The van der Waals surface area contributed by atoms with Crippen LogP contribution < -0.4 is 4.90 Å². The molecule has 0 atom stereocenters. The molecule has 0 N–H and O–H groups in total. The summed E-state index contributed by atoms with van der Waals surface area (Å²) < 4.78 is 36.8. The first-order chi connectivity index (χ1) is 15.4. The van der Waals surface area contributed by atoms with E-state index in [0.717, 1.165) is 62.8 Å². The van der Waals surface area contributed by atoms with E-state index in [0.29, 0.717) is 17.8 Å². The number of fused-ring (bicyclic) bond motifs is 3. The van der Waals surface area contributed by atoms with Gasteiger partial charge in [-0.25, -0.2) is 18.7 Å². The fraction of sp³-hybridized carbons (Fsp3) is 0.458. The summed E-state index contributed by atoms with van der Waals surface area (Å²) in [6.45, 7) is 2.54. The van der Waals surface area contributed by atoms with Crippen molar-refractivity contribution in [3.63, 3.8) is 0 Å². The summed E-state index contributed by atoms with van der Waals surface area (Å²) in [5.41, 5.74) is 0.950. The van der Waals surface area contributed by atoms with E-state index in [1.165, 1.54) is 0 Å². The van der Waals surface area contributed by atoms with Gasteiger partial charge in [-0.3, -0.25) is 4.79 Å². The van der Waals surface area contributed by atoms with E-state index in [1.807, 2.05) is 13.0 Å². The Morgan fingerprint density at radius 3 is 2.53 bits per heavy atom. The summed E-state index contributed by atoms with van der Waals surface area (Å²) in [7, 11) is 0. The van der Waals surface area contributed by atoms with Gasteiger partial charge in [0.2, 0.25) is 18.2 Å². The van der Waals surface area contributed by atoms with E-state index < -0.39 is 12.1 Å². The van der Waals surface area contributed by atoms with Gasteiger partial charge in [-0.1, -0.05) is 6.07 Å². The molecule has 3 aliphatic rings. The number of hydrogen-bond donors (Lipinski definition) is 0. The maximum atomic E-state index is 12.9. The largest absolute Gasteiger partial charge is 0.445 e. The molecule has 2 bridgehead atoms. The zero-order valence-corrected chi connectivity index (χ0v) is 17.9. The molecule has 0 radical (unpaired) electrons. The standard InChI is InChI=1S/C24H25F2N3O3/c1-16-12-27-22(32-16)24-8-5-23(6-9-24,7-10-24)14-29(15-30)18-4-2-3-17(11-18)21-28-19(13-31-21)20(25)26/h2-4,11-13,15,20H,5-10,14H2,1H3. The van der Waals surface area contributed by atoms with Gasteiger partial charge < -0.3 is 13.7 Å². The number of anilines is 1. The van der Waals surface area contributed by atoms with Crippen molar-refractivity contribution in [2.45, 2.75) is 57.3 Å². The Morgan fingerprint density at radius 2 is 1.94 bits per heavy atom. The van der Waals surface area contributed by atoms with Crippen LogP contribution >= 0.6 is 0 Å². The number of halogens is 2. The second-order valence-corrected chi connectivity index (χ2v) is 9.22. The van der Waals surface area contributed by atoms with E-state index in [2.05, 4.69) is 9.97 Å². The summed E-state index contributed by atoms with van der Waals surface area (Å²) in [6, 6.07) is 7.12. The second-order valence-electron chi connectivity index (χ2n) is 9.22. The zero-order chi connectivity index (χ0) is 22.3. The third-order valence-corrected chi connectivity index (χ3v) is 7.28. The molecule has 32 heavy (non-hydrogen) atoms. The number of carbonyl (C=O) groups excluding carboxylic acids is 1. The van der Waals surface area contributed by atoms with Crippen LogP contribution in [0.4, 0.5) is 14.5 Å². The lowest BCUT2D eigenvalue weighted by Crippen LogP contribution is -2.49. The summed E-state index contributed by atoms with van der Waals surface area (Å²) in [4.78, 5) is 22.1. The van der Waals surface area contributed by atoms with Crippen LogP contribution in [0.5, 0.6) is 0 Å². The molecule has 2 aromatic heterocycles. The minimum Gasteiger partial charge on any atom is -0.445 e. The van der Waals surface area contributed by atoms with Crippen LogP contribution in [0.3, 0.4) is 0 Å². The van der Waals surface area contributed by atoms with Crippen molar-refractivity contribution in [1.82, 2.24) is 9.97 Å². The lowest BCUT2D eigenvalue weighted by molar-refractivity contribution is -0.108. The maximum absolute atomic E-state index is 12.9. The molecule has 0 spiro atoms. The Bertz CT molecular complexity index is 1100. The van der Waals surface area contributed by atoms with Gasteiger partial charge in [-0.2, -0.15) is 0 Å². The number of aryl methyl sites for hydroxylation is 1. The van der Waals surface area contributed by atoms with E-state index in [9.17, 15) is 13.6 Å². The fourth-order valence-corrected chi connectivity index (χ4v) is 5.31. The highest BCUT2D eigenvalue weighted by Crippen LogP contribution is 2.57. The highest BCUT2D eigenvalue weighted by molar-refractivity contribution is 5.77. The highest BCUT2D eigenvalue weighted by atomic mass is 19.3. The molecule has 168 valence electrons. The lowest BCUT2D eigenvalue weighted by atomic mass is 9.53. The quantitative estimate of drug-likeness (QED) is 0.431. The molecule has 6 rings (SSSR count). The summed E-state index contributed by atoms with van der Waals surface area (Å²) in [6.07, 6.45) is 6.97. The summed E-state index contributed by atoms with van der Waals surface area (Å²) in [5, 5.41) is 0. The van der Waals surface area contributed by atoms with Crippen LogP contribution in [0.15, 0.2) is 45.6 Å². The third-order valence-electron chi connectivity index (χ3n) is 7.28. The topological polar surface area (TPSA) is 72.4 Å². The van der Waals surface area contributed by atoms with E-state index in [4.69, 9.17) is 8.83 Å². The Labute approximate surface area is 184 Å². The molecular weight excluding hydrogens is 416 g/mol. The van der Waals surface area contributed by atoms with Gasteiger partial charge in [0.1, 0.15) is 17.7 Å². The summed E-state index contributed by atoms with van der Waals surface area (Å²) >= 11 is 0. The molecule has 0 aliphatic heterocycles. The predicted octanol–water partition coefficient (Wildman–Crippen LogP) is 5.83. The second kappa shape index (κ2) is 7.83. The lowest BCUT2D eigenvalue weighted by Gasteiger charge is -2.53. The van der Waals surface area contributed by atoms with Gasteiger partial charge in [0.25, 0.3) is 6.43 Å². The average Bonchev–Trinajstić information content (AvgIpc) is 3.49. The minimum atomic E-state index is -2.69. The minimum absolute atomic E-state index is 0.0231. The molecule has 1 aromatic carbocycles. The van der Waals surface area contributed by atoms with E-state index >= 15 is 0 Å². The number of carbonyl (C=O) groups is 1. The Hall–Kier alpha value is -3.03. The molecule has 3 aromatic rings. The molecule has 6 nitrogen and oxygen atoms in total. The molecule has 0 saturated heterocycles. The van der Waals surface area contributed by atoms with Crippen LogP contribution in [-0.4, -0.2) is 22.9 Å². The first-order valence-corrected chi connectivity index (χ1v) is 10.9. The average molecular weight is 441 g/mol. The Morgan fingerprint density at radius 1 is 1.19 bits per heavy atom. The molecule has 8 heteroatoms. The van der Waals surface area contributed by atoms with Crippen LogP contribution in [-0.2, 0) is 10.2 Å². The normalized spacial score (nSPS) is 24.8. The van der Waals surface area contributed by atoms with E-state index in [1.54, 1.807) is 29.3 Å². The van der Waals surface area contributed by atoms with Gasteiger partial charge in [0.15, 0.2) is 0 Å². The number of hydrogen-bond acceptors (Lipinski definition) is 5. The van der Waals surface area contributed by atoms with Crippen LogP contribution in [0.1, 0.15) is 62.3 Å². The van der Waals surface area contributed by atoms with Crippen molar-refractivity contribution in [1.29, 1.82) is 0 Å². The SMILES string of the molecule is Cc1cnc(C23CCC(CN(C=O)c4cccc(-c5nc(C(F)F)co5)c4)(CC2)CC3)o1. The number of nitrogens with zero attached hydrogens (tertiary/aromatic N) is 3. The van der Waals surface area contributed by atoms with Crippen molar-refractivity contribution in [2.24, 2.45) is 5.41 Å². The predicted molar refractivity (Wildman–Crippen MR) is 113 cm³/mol. The van der Waals surface area contributed by atoms with Crippen LogP contribution in [0.2, 0.25) is 0 Å². The molecule has 0 unspecified atom stereocenters. The van der Waals surface area contributed by atoms with Gasteiger partial charge in [-0.05, 0) is 69.1 Å². The number of amides is 1. The first-order valence-electron chi connectivity index (χ1n) is 10.9. The molecule has 3 fully saturated rings. The van der Waals surface area contributed by atoms with Crippen LogP contribution in [0, 0.1) is 12.3 Å². The number of rotatable bonds is 7. The number of oxazole rings is 2. The molecule has 3 aliphatic carbocycles. The third kappa shape index (κ3) is 3.61. The molecular formula is C24H25F2N3O3. The van der Waals surface area contributed by atoms with Gasteiger partial charge >= 0.3 is 0 Å². The monoisotopic (exact) mass is 441 g/mol. The Kier molecular flexibility index (Phi) is 5.10. The Balaban J connectivity index is 1.33. The van der Waals surface area contributed by atoms with Gasteiger partial charge in [0, 0.05) is 23.2 Å². The number of benzene rings is 1. The van der Waals surface area contributed by atoms with Gasteiger partial charge in [0.05, 0.1) is 6.20 Å². The van der Waals surface area contributed by atoms with Crippen molar-refractivity contribution in [3.8, 4) is 11.5 Å². The zero-order valence-electron chi connectivity index (χ0n) is 17.9. The molecule has 1 amide bonds. The highest BCUT2D eigenvalue weighted by Gasteiger charge is 2.52. The first kappa shape index (κ1) is 20.8. The fourth-order valence-electron chi connectivity index (χ4n) is 5.31. The van der Waals surface area contributed by atoms with Crippen molar-refractivity contribution < 1.29 is 22.4 Å². The van der Waals surface area contributed by atoms with Gasteiger partial charge in [-0.15, -0.1) is 0 Å². The van der Waals surface area contributed by atoms with Crippen molar-refractivity contribution in [3.05, 3.63) is 54.1 Å². The molecule has 3 saturated carbocycles. The summed E-state index contributed by atoms with van der Waals surface area (Å²) in [5.74, 6) is 1.82. The van der Waals surface area contributed by atoms with Crippen LogP contribution in [0.25, 0.3) is 11.5 Å². The smallest absolute Gasteiger partial charge is 0.283 e. The van der Waals surface area contributed by atoms with Crippen molar-refractivity contribution >= 4 is 12.1 Å². The van der Waals surface area contributed by atoms with Crippen molar-refractivity contribution in [2.75, 3.05) is 11.4 Å². The molecule has 2 heterocycles. The van der Waals surface area contributed by atoms with E-state index in [-0.39, 0.29) is 16.7 Å².